The summed E-state index contributed by atoms with van der Waals surface area (Å²) in [4.78, 5) is 27.0. The van der Waals surface area contributed by atoms with Gasteiger partial charge in [-0.15, -0.1) is 0 Å². The molecule has 1 aliphatic rings. The van der Waals surface area contributed by atoms with Gasteiger partial charge in [-0.1, -0.05) is 78.5 Å². The number of nitrogens with one attached hydrogen (secondary N) is 2. The second kappa shape index (κ2) is 15.6. The summed E-state index contributed by atoms with van der Waals surface area (Å²) in [6, 6.07) is 24.0. The lowest BCUT2D eigenvalue weighted by atomic mass is 9.99. The number of rotatable bonds is 14. The van der Waals surface area contributed by atoms with Crippen molar-refractivity contribution in [2.75, 3.05) is 5.75 Å². The van der Waals surface area contributed by atoms with Crippen LogP contribution in [-0.2, 0) is 32.2 Å². The molecule has 0 radical (unpaired) electrons. The fourth-order valence-corrected chi connectivity index (χ4v) is 5.80. The van der Waals surface area contributed by atoms with Crippen molar-refractivity contribution < 1.29 is 29.3 Å². The van der Waals surface area contributed by atoms with E-state index in [4.69, 9.17) is 14.6 Å². The lowest BCUT2D eigenvalue weighted by Crippen LogP contribution is -2.31. The van der Waals surface area contributed by atoms with Crippen molar-refractivity contribution in [2.24, 2.45) is 0 Å². The maximum atomic E-state index is 12.2. The van der Waals surface area contributed by atoms with Crippen molar-refractivity contribution in [3.8, 4) is 11.1 Å². The minimum absolute atomic E-state index is 0.00589. The monoisotopic (exact) mass is 616 g/mol. The van der Waals surface area contributed by atoms with Crippen LogP contribution in [0.25, 0.3) is 11.1 Å². The van der Waals surface area contributed by atoms with Gasteiger partial charge >= 0.3 is 5.97 Å². The van der Waals surface area contributed by atoms with Crippen molar-refractivity contribution in [1.29, 1.82) is 0 Å². The zero-order chi connectivity index (χ0) is 30.7. The van der Waals surface area contributed by atoms with Gasteiger partial charge in [0.25, 0.3) is 0 Å². The number of hydrogen-bond acceptors (Lipinski definition) is 8. The van der Waals surface area contributed by atoms with E-state index in [0.29, 0.717) is 38.0 Å². The molecule has 5 rings (SSSR count). The Balaban J connectivity index is 1.23. The Kier molecular flexibility index (Phi) is 11.1. The SMILES string of the molecule is O=C(O)CCCCC(=O)NCc1cccc(-c2ccc([C@@H]3O[C@H](CSc4ncn[nH]4)C[C@H](c4ccc(CO)cc4)O3)cc2)c1. The summed E-state index contributed by atoms with van der Waals surface area (Å²) in [6.45, 7) is 0.398. The number of amides is 1. The smallest absolute Gasteiger partial charge is 0.303 e. The zero-order valence-electron chi connectivity index (χ0n) is 24.2. The second-order valence-electron chi connectivity index (χ2n) is 10.7. The van der Waals surface area contributed by atoms with E-state index in [1.807, 2.05) is 66.7 Å². The number of aromatic nitrogens is 3. The van der Waals surface area contributed by atoms with E-state index >= 15 is 0 Å². The molecule has 3 atom stereocenters. The van der Waals surface area contributed by atoms with Gasteiger partial charge in [-0.3, -0.25) is 14.7 Å². The number of thioether (sulfide) groups is 1. The number of carbonyl (C=O) groups is 2. The number of aliphatic hydroxyl groups is 1. The largest absolute Gasteiger partial charge is 0.481 e. The van der Waals surface area contributed by atoms with Gasteiger partial charge in [0, 0.05) is 37.1 Å². The van der Waals surface area contributed by atoms with Gasteiger partial charge in [0.2, 0.25) is 5.91 Å². The van der Waals surface area contributed by atoms with Gasteiger partial charge in [-0.2, -0.15) is 5.10 Å². The highest BCUT2D eigenvalue weighted by Crippen LogP contribution is 2.39. The number of ether oxygens (including phenoxy) is 2. The molecule has 0 saturated carbocycles. The first-order valence-electron chi connectivity index (χ1n) is 14.6. The van der Waals surface area contributed by atoms with Crippen LogP contribution >= 0.6 is 11.8 Å². The van der Waals surface area contributed by atoms with Crippen molar-refractivity contribution in [3.63, 3.8) is 0 Å². The zero-order valence-corrected chi connectivity index (χ0v) is 25.0. The number of benzene rings is 3. The van der Waals surface area contributed by atoms with Crippen molar-refractivity contribution in [1.82, 2.24) is 20.5 Å². The van der Waals surface area contributed by atoms with Crippen LogP contribution in [0.15, 0.2) is 84.3 Å². The first-order valence-corrected chi connectivity index (χ1v) is 15.6. The minimum atomic E-state index is -0.842. The highest BCUT2D eigenvalue weighted by Gasteiger charge is 2.32. The van der Waals surface area contributed by atoms with Gasteiger partial charge in [0.1, 0.15) is 6.33 Å². The van der Waals surface area contributed by atoms with Crippen LogP contribution in [0.3, 0.4) is 0 Å². The molecule has 1 amide bonds. The Morgan fingerprint density at radius 1 is 0.932 bits per heavy atom. The van der Waals surface area contributed by atoms with Crippen LogP contribution in [0.5, 0.6) is 0 Å². The molecule has 0 unspecified atom stereocenters. The van der Waals surface area contributed by atoms with Gasteiger partial charge in [0.05, 0.1) is 18.8 Å². The van der Waals surface area contributed by atoms with E-state index in [1.165, 1.54) is 6.33 Å². The maximum absolute atomic E-state index is 12.2. The number of unbranched alkanes of at least 4 members (excludes halogenated alkanes) is 1. The Morgan fingerprint density at radius 2 is 1.70 bits per heavy atom. The summed E-state index contributed by atoms with van der Waals surface area (Å²) in [5.41, 5.74) is 5.83. The fourth-order valence-electron chi connectivity index (χ4n) is 5.00. The summed E-state index contributed by atoms with van der Waals surface area (Å²) in [5, 5.41) is 28.7. The molecule has 4 N–H and O–H groups in total. The molecule has 0 bridgehead atoms. The highest BCUT2D eigenvalue weighted by atomic mass is 32.2. The molecular weight excluding hydrogens is 580 g/mol. The molecule has 1 aliphatic heterocycles. The van der Waals surface area contributed by atoms with E-state index in [1.54, 1.807) is 11.8 Å². The van der Waals surface area contributed by atoms with Crippen molar-refractivity contribution in [2.45, 2.75) is 68.9 Å². The van der Waals surface area contributed by atoms with E-state index in [2.05, 4.69) is 26.6 Å². The van der Waals surface area contributed by atoms with E-state index in [-0.39, 0.29) is 31.1 Å². The Bertz CT molecular complexity index is 1500. The second-order valence-corrected chi connectivity index (χ2v) is 11.7. The number of carboxylic acids is 1. The third-order valence-electron chi connectivity index (χ3n) is 7.39. The molecule has 0 spiro atoms. The van der Waals surface area contributed by atoms with Crippen LogP contribution in [0.4, 0.5) is 0 Å². The van der Waals surface area contributed by atoms with Gasteiger partial charge < -0.3 is 25.0 Å². The molecular formula is C33H36N4O6S. The van der Waals surface area contributed by atoms with Crippen molar-refractivity contribution in [3.05, 3.63) is 101 Å². The van der Waals surface area contributed by atoms with E-state index in [0.717, 1.165) is 38.5 Å². The van der Waals surface area contributed by atoms with Crippen LogP contribution < -0.4 is 5.32 Å². The first kappa shape index (κ1) is 31.4. The normalized spacial score (nSPS) is 18.2. The molecule has 2 heterocycles. The number of H-pyrrole nitrogens is 1. The number of carbonyl (C=O) groups excluding carboxylic acids is 1. The Morgan fingerprint density at radius 3 is 2.43 bits per heavy atom. The molecule has 230 valence electrons. The molecule has 1 fully saturated rings. The number of hydrogen-bond donors (Lipinski definition) is 4. The van der Waals surface area contributed by atoms with E-state index in [9.17, 15) is 14.7 Å². The number of aliphatic hydroxyl groups excluding tert-OH is 1. The maximum Gasteiger partial charge on any atom is 0.303 e. The number of aliphatic carboxylic acids is 1. The lowest BCUT2D eigenvalue weighted by Gasteiger charge is -2.36. The lowest BCUT2D eigenvalue weighted by molar-refractivity contribution is -0.245. The van der Waals surface area contributed by atoms with Crippen molar-refractivity contribution >= 4 is 23.6 Å². The summed E-state index contributed by atoms with van der Waals surface area (Å²) in [7, 11) is 0. The van der Waals surface area contributed by atoms with Gasteiger partial charge in [0.15, 0.2) is 11.4 Å². The standard InChI is InChI=1S/C33H36N4O6S/c38-19-22-8-10-25(11-9-22)29-17-28(20-44-33-35-21-36-37-33)42-32(43-29)26-14-12-24(13-15-26)27-5-3-4-23(16-27)18-34-30(39)6-1-2-7-31(40)41/h3-5,8-16,21,28-29,32,38H,1-2,6-7,17-20H2,(H,34,39)(H,40,41)(H,35,36,37)/t28-,29+,32+/m0/s1. The van der Waals surface area contributed by atoms with Crippen LogP contribution in [0.1, 0.15) is 66.8 Å². The molecule has 1 saturated heterocycles. The summed E-state index contributed by atoms with van der Waals surface area (Å²) < 4.78 is 12.9. The molecule has 44 heavy (non-hydrogen) atoms. The molecule has 3 aromatic carbocycles. The molecule has 1 aromatic heterocycles. The number of carboxylic acid groups (broad SMARTS) is 1. The fraction of sp³-hybridized carbons (Fsp3) is 0.333. The average Bonchev–Trinajstić information content (AvgIpc) is 3.59. The quantitative estimate of drug-likeness (QED) is 0.106. The summed E-state index contributed by atoms with van der Waals surface area (Å²) in [5.74, 6) is -0.243. The summed E-state index contributed by atoms with van der Waals surface area (Å²) in [6.07, 6.45) is 2.79. The number of nitrogens with zero attached hydrogens (tertiary/aromatic N) is 2. The first-order chi connectivity index (χ1) is 21.5. The van der Waals surface area contributed by atoms with Crippen LogP contribution in [-0.4, -0.2) is 49.1 Å². The van der Waals surface area contributed by atoms with Crippen LogP contribution in [0, 0.1) is 0 Å². The highest BCUT2D eigenvalue weighted by molar-refractivity contribution is 7.99. The molecule has 10 nitrogen and oxygen atoms in total. The Labute approximate surface area is 260 Å². The molecule has 4 aromatic rings. The summed E-state index contributed by atoms with van der Waals surface area (Å²) >= 11 is 1.56. The third kappa shape index (κ3) is 8.99. The topological polar surface area (TPSA) is 147 Å². The molecule has 11 heteroatoms. The predicted molar refractivity (Wildman–Crippen MR) is 165 cm³/mol. The van der Waals surface area contributed by atoms with Crippen LogP contribution in [0.2, 0.25) is 0 Å². The average molecular weight is 617 g/mol. The minimum Gasteiger partial charge on any atom is -0.481 e. The third-order valence-corrected chi connectivity index (χ3v) is 8.40. The Hall–Kier alpha value is -4.03. The van der Waals surface area contributed by atoms with Gasteiger partial charge in [-0.05, 0) is 46.7 Å². The van der Waals surface area contributed by atoms with Gasteiger partial charge in [-0.25, -0.2) is 4.98 Å². The number of aromatic amines is 1. The molecule has 0 aliphatic carbocycles. The van der Waals surface area contributed by atoms with E-state index < -0.39 is 12.3 Å². The predicted octanol–water partition coefficient (Wildman–Crippen LogP) is 5.56.